The van der Waals surface area contributed by atoms with E-state index in [4.69, 9.17) is 17.0 Å². The molecule has 0 bridgehead atoms. The van der Waals surface area contributed by atoms with E-state index < -0.39 is 0 Å². The summed E-state index contributed by atoms with van der Waals surface area (Å²) < 4.78 is 6.16. The Bertz CT molecular complexity index is 882. The van der Waals surface area contributed by atoms with Crippen molar-refractivity contribution in [2.75, 3.05) is 17.7 Å². The third-order valence-electron chi connectivity index (χ3n) is 3.31. The molecule has 0 atom stereocenters. The van der Waals surface area contributed by atoms with Crippen molar-refractivity contribution in [3.63, 3.8) is 0 Å². The molecule has 2 rings (SSSR count). The zero-order valence-electron chi connectivity index (χ0n) is 14.7. The van der Waals surface area contributed by atoms with Crippen LogP contribution in [0.25, 0.3) is 6.08 Å². The van der Waals surface area contributed by atoms with Gasteiger partial charge in [-0.3, -0.25) is 9.59 Å². The summed E-state index contributed by atoms with van der Waals surface area (Å²) in [4.78, 5) is 23.1. The number of rotatable bonds is 5. The van der Waals surface area contributed by atoms with Crippen LogP contribution in [0, 0.1) is 0 Å². The molecule has 0 aliphatic rings. The molecule has 0 spiro atoms. The predicted octanol–water partition coefficient (Wildman–Crippen LogP) is 3.94. The average molecular weight is 448 g/mol. The summed E-state index contributed by atoms with van der Waals surface area (Å²) >= 11 is 8.38. The number of ether oxygens (including phenoxy) is 1. The number of methoxy groups -OCH3 is 1. The topological polar surface area (TPSA) is 79.5 Å². The highest BCUT2D eigenvalue weighted by molar-refractivity contribution is 9.10. The zero-order chi connectivity index (χ0) is 19.8. The zero-order valence-corrected chi connectivity index (χ0v) is 17.1. The predicted molar refractivity (Wildman–Crippen MR) is 115 cm³/mol. The van der Waals surface area contributed by atoms with E-state index in [1.165, 1.54) is 13.0 Å². The molecular formula is C19H18BrN3O3S. The van der Waals surface area contributed by atoms with Crippen molar-refractivity contribution in [1.29, 1.82) is 0 Å². The Morgan fingerprint density at radius 3 is 2.30 bits per heavy atom. The molecule has 0 aliphatic heterocycles. The van der Waals surface area contributed by atoms with Gasteiger partial charge in [-0.2, -0.15) is 0 Å². The number of carbonyl (C=O) groups excluding carboxylic acids is 2. The summed E-state index contributed by atoms with van der Waals surface area (Å²) in [6.07, 6.45) is 3.11. The second-order valence-corrected chi connectivity index (χ2v) is 6.75. The molecule has 140 valence electrons. The van der Waals surface area contributed by atoms with Crippen LogP contribution in [0.2, 0.25) is 0 Å². The lowest BCUT2D eigenvalue weighted by Crippen LogP contribution is -2.32. The van der Waals surface area contributed by atoms with Gasteiger partial charge in [-0.1, -0.05) is 15.9 Å². The van der Waals surface area contributed by atoms with Crippen molar-refractivity contribution >= 4 is 62.5 Å². The molecule has 2 aromatic rings. The quantitative estimate of drug-likeness (QED) is 0.477. The maximum atomic E-state index is 12.1. The van der Waals surface area contributed by atoms with Gasteiger partial charge in [-0.15, -0.1) is 0 Å². The first-order valence-electron chi connectivity index (χ1n) is 7.88. The molecule has 3 N–H and O–H groups in total. The highest BCUT2D eigenvalue weighted by Crippen LogP contribution is 2.24. The molecule has 0 saturated heterocycles. The fourth-order valence-electron chi connectivity index (χ4n) is 2.14. The Balaban J connectivity index is 1.97. The molecule has 0 saturated carbocycles. The van der Waals surface area contributed by atoms with Crippen molar-refractivity contribution < 1.29 is 14.3 Å². The minimum atomic E-state index is -0.272. The molecule has 0 aliphatic carbocycles. The first kappa shape index (κ1) is 20.6. The van der Waals surface area contributed by atoms with Gasteiger partial charge in [0.15, 0.2) is 5.11 Å². The maximum absolute atomic E-state index is 12.1. The molecule has 0 heterocycles. The van der Waals surface area contributed by atoms with E-state index in [0.29, 0.717) is 17.1 Å². The maximum Gasteiger partial charge on any atom is 0.248 e. The molecule has 2 amide bonds. The van der Waals surface area contributed by atoms with Gasteiger partial charge < -0.3 is 20.7 Å². The number of hydrogen-bond acceptors (Lipinski definition) is 4. The first-order valence-corrected chi connectivity index (χ1v) is 9.09. The van der Waals surface area contributed by atoms with E-state index in [1.54, 1.807) is 37.5 Å². The van der Waals surface area contributed by atoms with E-state index >= 15 is 0 Å². The Labute approximate surface area is 171 Å². The minimum absolute atomic E-state index is 0.213. The van der Waals surface area contributed by atoms with Gasteiger partial charge in [-0.25, -0.2) is 0 Å². The molecular weight excluding hydrogens is 430 g/mol. The molecule has 6 nitrogen and oxygen atoms in total. The second-order valence-electron chi connectivity index (χ2n) is 5.42. The van der Waals surface area contributed by atoms with Crippen LogP contribution in [0.15, 0.2) is 53.0 Å². The average Bonchev–Trinajstić information content (AvgIpc) is 2.61. The minimum Gasteiger partial charge on any atom is -0.496 e. The molecule has 27 heavy (non-hydrogen) atoms. The summed E-state index contributed by atoms with van der Waals surface area (Å²) in [5, 5.41) is 8.33. The molecule has 0 aromatic heterocycles. The van der Waals surface area contributed by atoms with Gasteiger partial charge in [0, 0.05) is 34.4 Å². The number of thiocarbonyl (C=S) groups is 1. The summed E-state index contributed by atoms with van der Waals surface area (Å²) in [7, 11) is 1.58. The molecule has 0 unspecified atom stereocenters. The van der Waals surface area contributed by atoms with Crippen molar-refractivity contribution in [1.82, 2.24) is 5.32 Å². The Morgan fingerprint density at radius 1 is 1.07 bits per heavy atom. The van der Waals surface area contributed by atoms with Crippen molar-refractivity contribution in [3.05, 3.63) is 58.6 Å². The number of anilines is 2. The van der Waals surface area contributed by atoms with Crippen molar-refractivity contribution in [2.45, 2.75) is 6.92 Å². The number of nitrogens with one attached hydrogen (secondary N) is 3. The third kappa shape index (κ3) is 6.84. The number of carbonyl (C=O) groups is 2. The number of benzene rings is 2. The van der Waals surface area contributed by atoms with E-state index in [9.17, 15) is 9.59 Å². The van der Waals surface area contributed by atoms with Crippen LogP contribution in [0.3, 0.4) is 0 Å². The lowest BCUT2D eigenvalue weighted by molar-refractivity contribution is -0.117. The van der Waals surface area contributed by atoms with Crippen LogP contribution in [0.4, 0.5) is 11.4 Å². The smallest absolute Gasteiger partial charge is 0.248 e. The first-order chi connectivity index (χ1) is 12.9. The van der Waals surface area contributed by atoms with E-state index in [2.05, 4.69) is 31.9 Å². The lowest BCUT2D eigenvalue weighted by Gasteiger charge is -2.09. The van der Waals surface area contributed by atoms with Crippen LogP contribution in [-0.4, -0.2) is 24.0 Å². The van der Waals surface area contributed by atoms with Crippen LogP contribution >= 0.6 is 28.1 Å². The van der Waals surface area contributed by atoms with Crippen LogP contribution < -0.4 is 20.7 Å². The number of amides is 2. The van der Waals surface area contributed by atoms with Gasteiger partial charge in [0.1, 0.15) is 5.75 Å². The SMILES string of the molecule is COc1ccc(Br)cc1C=CC(=O)Nc1ccc(NC(=S)NC(C)=O)cc1. The van der Waals surface area contributed by atoms with E-state index in [1.807, 2.05) is 18.2 Å². The van der Waals surface area contributed by atoms with Gasteiger partial charge in [0.2, 0.25) is 11.8 Å². The fraction of sp³-hybridized carbons (Fsp3) is 0.105. The molecule has 0 fully saturated rings. The standard InChI is InChI=1S/C19H18BrN3O3S/c1-12(24)21-19(27)23-16-7-5-15(6-8-16)22-18(25)10-3-13-11-14(20)4-9-17(13)26-2/h3-11H,1-2H3,(H,22,25)(H2,21,23,24,27). The van der Waals surface area contributed by atoms with Gasteiger partial charge >= 0.3 is 0 Å². The normalized spacial score (nSPS) is 10.3. The largest absolute Gasteiger partial charge is 0.496 e. The van der Waals surface area contributed by atoms with Crippen molar-refractivity contribution in [3.8, 4) is 5.75 Å². The molecule has 8 heteroatoms. The Hall–Kier alpha value is -2.71. The van der Waals surface area contributed by atoms with Gasteiger partial charge in [-0.05, 0) is 60.8 Å². The monoisotopic (exact) mass is 447 g/mol. The van der Waals surface area contributed by atoms with E-state index in [-0.39, 0.29) is 16.9 Å². The second kappa shape index (κ2) is 9.84. The third-order valence-corrected chi connectivity index (χ3v) is 4.00. The van der Waals surface area contributed by atoms with Crippen molar-refractivity contribution in [2.24, 2.45) is 0 Å². The summed E-state index contributed by atoms with van der Waals surface area (Å²) in [5.74, 6) is 0.157. The summed E-state index contributed by atoms with van der Waals surface area (Å²) in [5.41, 5.74) is 2.11. The molecule has 2 aromatic carbocycles. The van der Waals surface area contributed by atoms with Gasteiger partial charge in [0.25, 0.3) is 0 Å². The Kier molecular flexibility index (Phi) is 7.51. The number of hydrogen-bond donors (Lipinski definition) is 3. The highest BCUT2D eigenvalue weighted by atomic mass is 79.9. The van der Waals surface area contributed by atoms with E-state index in [0.717, 1.165) is 10.0 Å². The van der Waals surface area contributed by atoms with Crippen LogP contribution in [0.1, 0.15) is 12.5 Å². The lowest BCUT2D eigenvalue weighted by atomic mass is 10.2. The van der Waals surface area contributed by atoms with Crippen LogP contribution in [-0.2, 0) is 9.59 Å². The van der Waals surface area contributed by atoms with Crippen LogP contribution in [0.5, 0.6) is 5.75 Å². The number of halogens is 1. The summed E-state index contributed by atoms with van der Waals surface area (Å²) in [6.45, 7) is 1.38. The molecule has 0 radical (unpaired) electrons. The highest BCUT2D eigenvalue weighted by Gasteiger charge is 2.03. The summed E-state index contributed by atoms with van der Waals surface area (Å²) in [6, 6.07) is 12.5. The van der Waals surface area contributed by atoms with Gasteiger partial charge in [0.05, 0.1) is 7.11 Å². The fourth-order valence-corrected chi connectivity index (χ4v) is 2.78. The Morgan fingerprint density at radius 2 is 1.70 bits per heavy atom.